The van der Waals surface area contributed by atoms with E-state index in [1.807, 2.05) is 54.6 Å². The lowest BCUT2D eigenvalue weighted by Gasteiger charge is -2.13. The molecule has 0 spiro atoms. The van der Waals surface area contributed by atoms with Crippen LogP contribution in [0, 0.1) is 0 Å². The molecule has 31 heavy (non-hydrogen) atoms. The Morgan fingerprint density at radius 1 is 0.935 bits per heavy atom. The van der Waals surface area contributed by atoms with Crippen LogP contribution in [0.5, 0.6) is 0 Å². The average Bonchev–Trinajstić information content (AvgIpc) is 3.29. The van der Waals surface area contributed by atoms with Gasteiger partial charge in [-0.15, -0.1) is 24.0 Å². The Bertz CT molecular complexity index is 939. The van der Waals surface area contributed by atoms with Crippen LogP contribution in [0.25, 0.3) is 0 Å². The van der Waals surface area contributed by atoms with Crippen molar-refractivity contribution in [3.8, 4) is 0 Å². The number of amides is 1. The van der Waals surface area contributed by atoms with Gasteiger partial charge in [0.15, 0.2) is 5.96 Å². The average molecular weight is 532 g/mol. The van der Waals surface area contributed by atoms with E-state index in [0.717, 1.165) is 29.3 Å². The van der Waals surface area contributed by atoms with E-state index in [0.29, 0.717) is 25.2 Å². The summed E-state index contributed by atoms with van der Waals surface area (Å²) in [5, 5.41) is 6.73. The lowest BCUT2D eigenvalue weighted by molar-refractivity contribution is 0.0827. The van der Waals surface area contributed by atoms with Gasteiger partial charge in [0.25, 0.3) is 5.91 Å². The number of guanidine groups is 1. The zero-order valence-corrected chi connectivity index (χ0v) is 20.2. The fourth-order valence-electron chi connectivity index (χ4n) is 2.90. The Labute approximate surface area is 200 Å². The summed E-state index contributed by atoms with van der Waals surface area (Å²) in [5.74, 6) is 1.67. The van der Waals surface area contributed by atoms with Crippen molar-refractivity contribution in [2.75, 3.05) is 20.6 Å². The summed E-state index contributed by atoms with van der Waals surface area (Å²) in [6.45, 7) is 1.91. The molecule has 1 aromatic heterocycles. The molecule has 6 nitrogen and oxygen atoms in total. The minimum atomic E-state index is -0.000727. The maximum atomic E-state index is 12.0. The maximum Gasteiger partial charge on any atom is 0.253 e. The number of halogens is 1. The topological polar surface area (TPSA) is 69.9 Å². The van der Waals surface area contributed by atoms with Crippen LogP contribution in [-0.4, -0.2) is 37.4 Å². The molecule has 0 unspecified atom stereocenters. The highest BCUT2D eigenvalue weighted by Gasteiger charge is 2.07. The van der Waals surface area contributed by atoms with Crippen molar-refractivity contribution in [1.82, 2.24) is 15.5 Å². The van der Waals surface area contributed by atoms with Gasteiger partial charge in [-0.25, -0.2) is 4.99 Å². The third-order valence-corrected chi connectivity index (χ3v) is 4.57. The summed E-state index contributed by atoms with van der Waals surface area (Å²) >= 11 is 0. The van der Waals surface area contributed by atoms with Crippen molar-refractivity contribution in [1.29, 1.82) is 0 Å². The molecule has 0 aliphatic carbocycles. The van der Waals surface area contributed by atoms with E-state index in [1.54, 1.807) is 25.3 Å². The minimum Gasteiger partial charge on any atom is -0.469 e. The molecule has 0 radical (unpaired) electrons. The van der Waals surface area contributed by atoms with Crippen LogP contribution in [0.15, 0.2) is 82.4 Å². The van der Waals surface area contributed by atoms with Gasteiger partial charge in [-0.2, -0.15) is 0 Å². The first-order valence-corrected chi connectivity index (χ1v) is 10.0. The van der Waals surface area contributed by atoms with E-state index in [-0.39, 0.29) is 29.9 Å². The van der Waals surface area contributed by atoms with E-state index >= 15 is 0 Å². The van der Waals surface area contributed by atoms with Crippen LogP contribution in [0.1, 0.15) is 27.2 Å². The molecular formula is C24H29IN4O2. The highest BCUT2D eigenvalue weighted by atomic mass is 127. The van der Waals surface area contributed by atoms with Crippen molar-refractivity contribution in [2.45, 2.75) is 19.5 Å². The van der Waals surface area contributed by atoms with E-state index in [1.165, 1.54) is 0 Å². The minimum absolute atomic E-state index is 0. The first kappa shape index (κ1) is 24.5. The Morgan fingerprint density at radius 3 is 2.32 bits per heavy atom. The number of benzene rings is 2. The number of nitrogens with one attached hydrogen (secondary N) is 2. The molecule has 0 bridgehead atoms. The Morgan fingerprint density at radius 2 is 1.68 bits per heavy atom. The van der Waals surface area contributed by atoms with Gasteiger partial charge in [0, 0.05) is 39.2 Å². The lowest BCUT2D eigenvalue weighted by Crippen LogP contribution is -2.38. The Balaban J connectivity index is 0.00000341. The van der Waals surface area contributed by atoms with Crippen molar-refractivity contribution in [3.05, 3.63) is 95.4 Å². The van der Waals surface area contributed by atoms with E-state index in [4.69, 9.17) is 9.41 Å². The van der Waals surface area contributed by atoms with Crippen molar-refractivity contribution in [3.63, 3.8) is 0 Å². The van der Waals surface area contributed by atoms with E-state index in [9.17, 15) is 4.79 Å². The number of carbonyl (C=O) groups excluding carboxylic acids is 1. The van der Waals surface area contributed by atoms with Crippen molar-refractivity contribution in [2.24, 2.45) is 4.99 Å². The van der Waals surface area contributed by atoms with Gasteiger partial charge in [0.2, 0.25) is 0 Å². The molecule has 3 aromatic rings. The van der Waals surface area contributed by atoms with Crippen LogP contribution in [0.2, 0.25) is 0 Å². The second kappa shape index (κ2) is 12.8. The number of rotatable bonds is 8. The van der Waals surface area contributed by atoms with Crippen LogP contribution in [0.4, 0.5) is 0 Å². The summed E-state index contributed by atoms with van der Waals surface area (Å²) in [6, 6.07) is 21.6. The second-order valence-electron chi connectivity index (χ2n) is 7.16. The second-order valence-corrected chi connectivity index (χ2v) is 7.16. The first-order valence-electron chi connectivity index (χ1n) is 10.0. The zero-order valence-electron chi connectivity index (χ0n) is 17.9. The Hall–Kier alpha value is -2.81. The van der Waals surface area contributed by atoms with E-state index < -0.39 is 0 Å². The van der Waals surface area contributed by atoms with Crippen LogP contribution >= 0.6 is 24.0 Å². The molecule has 0 aliphatic heterocycles. The number of hydrogen-bond donors (Lipinski definition) is 2. The van der Waals surface area contributed by atoms with Crippen molar-refractivity contribution >= 4 is 35.8 Å². The fraction of sp³-hybridized carbons (Fsp3) is 0.250. The summed E-state index contributed by atoms with van der Waals surface area (Å²) in [5.41, 5.74) is 2.90. The normalized spacial score (nSPS) is 10.8. The standard InChI is InChI=1S/C24H28N4O2.HI/c1-28(2)23(29)21-12-10-20(11-13-21)18-27-24(25-15-14-22-9-6-16-30-22)26-17-19-7-4-3-5-8-19;/h3-13,16H,14-15,17-18H2,1-2H3,(H2,25,26,27);1H. The smallest absolute Gasteiger partial charge is 0.253 e. The van der Waals surface area contributed by atoms with Crippen LogP contribution in [0.3, 0.4) is 0 Å². The molecule has 3 rings (SSSR count). The molecule has 2 N–H and O–H groups in total. The summed E-state index contributed by atoms with van der Waals surface area (Å²) < 4.78 is 5.39. The predicted molar refractivity (Wildman–Crippen MR) is 135 cm³/mol. The monoisotopic (exact) mass is 532 g/mol. The van der Waals surface area contributed by atoms with Crippen LogP contribution in [-0.2, 0) is 19.5 Å². The fourth-order valence-corrected chi connectivity index (χ4v) is 2.90. The lowest BCUT2D eigenvalue weighted by atomic mass is 10.1. The summed E-state index contributed by atoms with van der Waals surface area (Å²) in [7, 11) is 3.50. The molecule has 0 saturated heterocycles. The molecule has 0 saturated carbocycles. The first-order chi connectivity index (χ1) is 14.6. The van der Waals surface area contributed by atoms with Gasteiger partial charge < -0.3 is 20.0 Å². The SMILES string of the molecule is CN(C)C(=O)c1ccc(CNC(=NCc2ccccc2)NCCc2ccco2)cc1.I. The summed E-state index contributed by atoms with van der Waals surface area (Å²) in [6.07, 6.45) is 2.46. The van der Waals surface area contributed by atoms with Gasteiger partial charge in [-0.1, -0.05) is 42.5 Å². The van der Waals surface area contributed by atoms with E-state index in [2.05, 4.69) is 22.8 Å². The number of aliphatic imine (C=N–C) groups is 1. The molecule has 164 valence electrons. The molecule has 2 aromatic carbocycles. The molecule has 0 fully saturated rings. The number of nitrogens with zero attached hydrogens (tertiary/aromatic N) is 2. The summed E-state index contributed by atoms with van der Waals surface area (Å²) in [4.78, 5) is 18.3. The highest BCUT2D eigenvalue weighted by Crippen LogP contribution is 2.07. The molecule has 0 atom stereocenters. The van der Waals surface area contributed by atoms with Gasteiger partial charge >= 0.3 is 0 Å². The van der Waals surface area contributed by atoms with Crippen LogP contribution < -0.4 is 10.6 Å². The Kier molecular flexibility index (Phi) is 10.1. The van der Waals surface area contributed by atoms with Gasteiger partial charge in [0.1, 0.15) is 5.76 Å². The maximum absolute atomic E-state index is 12.0. The zero-order chi connectivity index (χ0) is 21.2. The largest absolute Gasteiger partial charge is 0.469 e. The van der Waals surface area contributed by atoms with Gasteiger partial charge in [-0.3, -0.25) is 4.79 Å². The number of hydrogen-bond acceptors (Lipinski definition) is 3. The number of furan rings is 1. The third-order valence-electron chi connectivity index (χ3n) is 4.57. The molecule has 7 heteroatoms. The van der Waals surface area contributed by atoms with Gasteiger partial charge in [-0.05, 0) is 35.4 Å². The molecule has 1 heterocycles. The highest BCUT2D eigenvalue weighted by molar-refractivity contribution is 14.0. The van der Waals surface area contributed by atoms with Crippen molar-refractivity contribution < 1.29 is 9.21 Å². The molecule has 1 amide bonds. The molecule has 0 aliphatic rings. The molecular weight excluding hydrogens is 503 g/mol. The number of carbonyl (C=O) groups is 1. The third kappa shape index (κ3) is 8.09. The quantitative estimate of drug-likeness (QED) is 0.261. The van der Waals surface area contributed by atoms with Gasteiger partial charge in [0.05, 0.1) is 12.8 Å². The predicted octanol–water partition coefficient (Wildman–Crippen LogP) is 4.08.